The molecule has 1 aliphatic heterocycles. The molecule has 0 radical (unpaired) electrons. The first-order valence-corrected chi connectivity index (χ1v) is 8.16. The van der Waals surface area contributed by atoms with Crippen LogP contribution >= 0.6 is 0 Å². The highest BCUT2D eigenvalue weighted by Gasteiger charge is 2.27. The van der Waals surface area contributed by atoms with E-state index < -0.39 is 0 Å². The summed E-state index contributed by atoms with van der Waals surface area (Å²) in [6.07, 6.45) is 4.64. The fourth-order valence-electron chi connectivity index (χ4n) is 2.97. The van der Waals surface area contributed by atoms with Gasteiger partial charge in [-0.25, -0.2) is 0 Å². The largest absolute Gasteiger partial charge is 0.342 e. The molecule has 0 saturated carbocycles. The molecule has 1 saturated heterocycles. The van der Waals surface area contributed by atoms with E-state index in [-0.39, 0.29) is 17.9 Å². The molecular weight excluding hydrogens is 260 g/mol. The normalized spacial score (nSPS) is 19.3. The predicted octanol–water partition coefficient (Wildman–Crippen LogP) is 2.84. The van der Waals surface area contributed by atoms with Gasteiger partial charge >= 0.3 is 0 Å². The number of carbonyl (C=O) groups is 1. The van der Waals surface area contributed by atoms with E-state index in [0.717, 1.165) is 38.3 Å². The first kappa shape index (κ1) is 16.0. The fraction of sp³-hybridized carbons (Fsp3) is 0.611. The van der Waals surface area contributed by atoms with Gasteiger partial charge < -0.3 is 10.6 Å². The van der Waals surface area contributed by atoms with Gasteiger partial charge in [0.25, 0.3) is 0 Å². The lowest BCUT2D eigenvalue weighted by Crippen LogP contribution is -2.45. The van der Waals surface area contributed by atoms with Gasteiger partial charge in [-0.1, -0.05) is 37.3 Å². The van der Waals surface area contributed by atoms with Crippen molar-refractivity contribution in [3.05, 3.63) is 35.9 Å². The minimum Gasteiger partial charge on any atom is -0.342 e. The van der Waals surface area contributed by atoms with Crippen LogP contribution in [0.4, 0.5) is 0 Å². The Morgan fingerprint density at radius 1 is 1.24 bits per heavy atom. The second-order valence-corrected chi connectivity index (χ2v) is 6.44. The van der Waals surface area contributed by atoms with Crippen LogP contribution in [0, 0.1) is 11.8 Å². The first-order chi connectivity index (χ1) is 10.1. The van der Waals surface area contributed by atoms with Gasteiger partial charge in [-0.15, -0.1) is 0 Å². The maximum atomic E-state index is 12.3. The number of carbonyl (C=O) groups excluding carboxylic acids is 1. The number of hydrogen-bond donors (Lipinski definition) is 1. The van der Waals surface area contributed by atoms with Crippen LogP contribution in [0.3, 0.4) is 0 Å². The number of nitrogens with zero attached hydrogens (tertiary/aromatic N) is 1. The molecule has 3 nitrogen and oxygen atoms in total. The second-order valence-electron chi connectivity index (χ2n) is 6.44. The zero-order valence-corrected chi connectivity index (χ0v) is 13.3. The first-order valence-electron chi connectivity index (χ1n) is 8.16. The van der Waals surface area contributed by atoms with Crippen LogP contribution in [0.25, 0.3) is 0 Å². The van der Waals surface area contributed by atoms with Crippen LogP contribution in [-0.2, 0) is 11.2 Å². The molecule has 1 fully saturated rings. The smallest absolute Gasteiger partial charge is 0.226 e. The van der Waals surface area contributed by atoms with E-state index in [1.165, 1.54) is 12.0 Å². The Morgan fingerprint density at radius 2 is 1.86 bits per heavy atom. The Morgan fingerprint density at radius 3 is 2.43 bits per heavy atom. The molecule has 0 aromatic heterocycles. The standard InChI is InChI=1S/C18H28N2O/c1-14(15(2)19)18(21)20-12-10-17(11-13-20)9-8-16-6-4-3-5-7-16/h3-7,14-15,17H,8-13,19H2,1-2H3. The molecule has 3 heteroatoms. The lowest BCUT2D eigenvalue weighted by atomic mass is 9.89. The highest BCUT2D eigenvalue weighted by Crippen LogP contribution is 2.23. The molecule has 116 valence electrons. The minimum absolute atomic E-state index is 0.0618. The van der Waals surface area contributed by atoms with Crippen molar-refractivity contribution in [3.63, 3.8) is 0 Å². The van der Waals surface area contributed by atoms with E-state index >= 15 is 0 Å². The molecule has 2 rings (SSSR count). The summed E-state index contributed by atoms with van der Waals surface area (Å²) in [6.45, 7) is 5.65. The fourth-order valence-corrected chi connectivity index (χ4v) is 2.97. The molecule has 1 aliphatic rings. The van der Waals surface area contributed by atoms with Gasteiger partial charge in [0, 0.05) is 19.1 Å². The summed E-state index contributed by atoms with van der Waals surface area (Å²) in [5.41, 5.74) is 7.25. The van der Waals surface area contributed by atoms with E-state index in [0.29, 0.717) is 0 Å². The van der Waals surface area contributed by atoms with Gasteiger partial charge in [0.05, 0.1) is 5.92 Å². The summed E-state index contributed by atoms with van der Waals surface area (Å²) in [5.74, 6) is 0.914. The summed E-state index contributed by atoms with van der Waals surface area (Å²) in [7, 11) is 0. The Hall–Kier alpha value is -1.35. The van der Waals surface area contributed by atoms with Crippen LogP contribution in [0.2, 0.25) is 0 Å². The Kier molecular flexibility index (Phi) is 5.80. The maximum absolute atomic E-state index is 12.3. The summed E-state index contributed by atoms with van der Waals surface area (Å²) < 4.78 is 0. The third-order valence-corrected chi connectivity index (χ3v) is 4.79. The van der Waals surface area contributed by atoms with Gasteiger partial charge in [-0.2, -0.15) is 0 Å². The zero-order chi connectivity index (χ0) is 15.2. The van der Waals surface area contributed by atoms with Gasteiger partial charge in [0.2, 0.25) is 5.91 Å². The number of hydrogen-bond acceptors (Lipinski definition) is 2. The molecule has 0 bridgehead atoms. The van der Waals surface area contributed by atoms with Crippen LogP contribution in [0.5, 0.6) is 0 Å². The number of nitrogens with two attached hydrogens (primary N) is 1. The number of rotatable bonds is 5. The number of piperidine rings is 1. The predicted molar refractivity (Wildman–Crippen MR) is 86.9 cm³/mol. The van der Waals surface area contributed by atoms with Crippen molar-refractivity contribution in [1.82, 2.24) is 4.90 Å². The second kappa shape index (κ2) is 7.60. The maximum Gasteiger partial charge on any atom is 0.226 e. The van der Waals surface area contributed by atoms with Crippen LogP contribution in [-0.4, -0.2) is 29.9 Å². The van der Waals surface area contributed by atoms with Gasteiger partial charge in [0.1, 0.15) is 0 Å². The van der Waals surface area contributed by atoms with E-state index in [1.807, 2.05) is 18.7 Å². The minimum atomic E-state index is -0.0640. The van der Waals surface area contributed by atoms with E-state index in [2.05, 4.69) is 30.3 Å². The SMILES string of the molecule is CC(N)C(C)C(=O)N1CCC(CCc2ccccc2)CC1. The zero-order valence-electron chi connectivity index (χ0n) is 13.3. The lowest BCUT2D eigenvalue weighted by Gasteiger charge is -2.34. The molecule has 1 heterocycles. The quantitative estimate of drug-likeness (QED) is 0.905. The Labute approximate surface area is 128 Å². The Bertz CT molecular complexity index is 436. The van der Waals surface area contributed by atoms with Crippen molar-refractivity contribution in [3.8, 4) is 0 Å². The van der Waals surface area contributed by atoms with Gasteiger partial charge in [-0.3, -0.25) is 4.79 Å². The summed E-state index contributed by atoms with van der Waals surface area (Å²) in [6, 6.07) is 10.6. The van der Waals surface area contributed by atoms with Gasteiger partial charge in [0.15, 0.2) is 0 Å². The number of benzene rings is 1. The third kappa shape index (κ3) is 4.57. The van der Waals surface area contributed by atoms with Crippen molar-refractivity contribution in [2.45, 2.75) is 45.6 Å². The van der Waals surface area contributed by atoms with E-state index in [9.17, 15) is 4.79 Å². The van der Waals surface area contributed by atoms with Crippen LogP contribution in [0.1, 0.15) is 38.7 Å². The average Bonchev–Trinajstić information content (AvgIpc) is 2.53. The van der Waals surface area contributed by atoms with Crippen LogP contribution < -0.4 is 5.73 Å². The molecule has 1 aromatic rings. The highest BCUT2D eigenvalue weighted by molar-refractivity contribution is 5.79. The van der Waals surface area contributed by atoms with Crippen molar-refractivity contribution < 1.29 is 4.79 Å². The van der Waals surface area contributed by atoms with Crippen molar-refractivity contribution in [1.29, 1.82) is 0 Å². The highest BCUT2D eigenvalue weighted by atomic mass is 16.2. The molecule has 1 amide bonds. The van der Waals surface area contributed by atoms with E-state index in [4.69, 9.17) is 5.73 Å². The van der Waals surface area contributed by atoms with E-state index in [1.54, 1.807) is 0 Å². The number of likely N-dealkylation sites (tertiary alicyclic amines) is 1. The summed E-state index contributed by atoms with van der Waals surface area (Å²) in [5, 5.41) is 0. The summed E-state index contributed by atoms with van der Waals surface area (Å²) >= 11 is 0. The molecule has 0 aliphatic carbocycles. The van der Waals surface area contributed by atoms with Crippen molar-refractivity contribution in [2.75, 3.05) is 13.1 Å². The average molecular weight is 288 g/mol. The van der Waals surface area contributed by atoms with Crippen LogP contribution in [0.15, 0.2) is 30.3 Å². The van der Waals surface area contributed by atoms with Gasteiger partial charge in [-0.05, 0) is 44.1 Å². The molecule has 21 heavy (non-hydrogen) atoms. The number of amides is 1. The topological polar surface area (TPSA) is 46.3 Å². The Balaban J connectivity index is 1.74. The van der Waals surface area contributed by atoms with Crippen molar-refractivity contribution in [2.24, 2.45) is 17.6 Å². The number of aryl methyl sites for hydroxylation is 1. The molecule has 2 N–H and O–H groups in total. The monoisotopic (exact) mass is 288 g/mol. The molecular formula is C18H28N2O. The molecule has 2 atom stereocenters. The molecule has 1 aromatic carbocycles. The molecule has 0 spiro atoms. The molecule has 2 unspecified atom stereocenters. The summed E-state index contributed by atoms with van der Waals surface area (Å²) in [4.78, 5) is 14.3. The van der Waals surface area contributed by atoms with Crippen molar-refractivity contribution >= 4 is 5.91 Å². The lowest BCUT2D eigenvalue weighted by molar-refractivity contribution is -0.136. The third-order valence-electron chi connectivity index (χ3n) is 4.79.